The normalized spacial score (nSPS) is 10.8. The Morgan fingerprint density at radius 3 is 2.92 bits per heavy atom. The number of aryl methyl sites for hydroxylation is 1. The van der Waals surface area contributed by atoms with E-state index in [0.717, 1.165) is 18.4 Å². The van der Waals surface area contributed by atoms with Crippen molar-refractivity contribution in [2.75, 3.05) is 0 Å². The summed E-state index contributed by atoms with van der Waals surface area (Å²) in [6, 6.07) is 3.51. The number of hydrogen-bond donors (Lipinski definition) is 0. The fraction of sp³-hybridized carbons (Fsp3) is 0.250. The SMILES string of the molecule is CCc1ccc(/C=C/[N+](=O)[O-])o1. The van der Waals surface area contributed by atoms with Crippen LogP contribution < -0.4 is 0 Å². The largest absolute Gasteiger partial charge is 0.462 e. The molecule has 0 fully saturated rings. The first-order chi connectivity index (χ1) is 5.72. The second-order valence-corrected chi connectivity index (χ2v) is 2.26. The van der Waals surface area contributed by atoms with Crippen molar-refractivity contribution in [1.29, 1.82) is 0 Å². The van der Waals surface area contributed by atoms with E-state index in [-0.39, 0.29) is 0 Å². The molecule has 0 unspecified atom stereocenters. The van der Waals surface area contributed by atoms with Crippen LogP contribution >= 0.6 is 0 Å². The smallest absolute Gasteiger partial charge is 0.238 e. The van der Waals surface area contributed by atoms with E-state index in [9.17, 15) is 10.1 Å². The topological polar surface area (TPSA) is 56.3 Å². The van der Waals surface area contributed by atoms with Crippen LogP contribution in [0.15, 0.2) is 22.7 Å². The molecule has 0 aromatic carbocycles. The molecular formula is C8H9NO3. The minimum absolute atomic E-state index is 0.517. The molecule has 0 saturated carbocycles. The van der Waals surface area contributed by atoms with Gasteiger partial charge in [-0.3, -0.25) is 10.1 Å². The molecule has 0 bridgehead atoms. The van der Waals surface area contributed by atoms with Gasteiger partial charge in [-0.1, -0.05) is 6.92 Å². The van der Waals surface area contributed by atoms with Crippen LogP contribution in [0.4, 0.5) is 0 Å². The molecule has 1 aromatic rings. The van der Waals surface area contributed by atoms with E-state index < -0.39 is 4.92 Å². The van der Waals surface area contributed by atoms with Crippen molar-refractivity contribution in [2.24, 2.45) is 0 Å². The number of nitro groups is 1. The summed E-state index contributed by atoms with van der Waals surface area (Å²) in [4.78, 5) is 9.41. The third kappa shape index (κ3) is 2.23. The van der Waals surface area contributed by atoms with Crippen LogP contribution in [0, 0.1) is 10.1 Å². The molecule has 0 aliphatic carbocycles. The molecule has 0 saturated heterocycles. The molecule has 1 heterocycles. The molecule has 0 aliphatic rings. The van der Waals surface area contributed by atoms with Crippen LogP contribution in [0.5, 0.6) is 0 Å². The van der Waals surface area contributed by atoms with Crippen LogP contribution in [0.2, 0.25) is 0 Å². The van der Waals surface area contributed by atoms with E-state index in [1.54, 1.807) is 12.1 Å². The first kappa shape index (κ1) is 8.52. The zero-order valence-electron chi connectivity index (χ0n) is 6.69. The molecule has 1 aromatic heterocycles. The maximum atomic E-state index is 9.93. The van der Waals surface area contributed by atoms with Crippen molar-refractivity contribution in [3.63, 3.8) is 0 Å². The predicted octanol–water partition coefficient (Wildman–Crippen LogP) is 2.09. The number of nitrogens with zero attached hydrogens (tertiary/aromatic N) is 1. The Hall–Kier alpha value is -1.58. The van der Waals surface area contributed by atoms with Gasteiger partial charge in [0.15, 0.2) is 0 Å². The van der Waals surface area contributed by atoms with E-state index in [1.165, 1.54) is 6.08 Å². The van der Waals surface area contributed by atoms with Gasteiger partial charge in [-0.2, -0.15) is 0 Å². The molecule has 4 nitrogen and oxygen atoms in total. The summed E-state index contributed by atoms with van der Waals surface area (Å²) in [5, 5.41) is 9.93. The Morgan fingerprint density at radius 2 is 2.42 bits per heavy atom. The summed E-state index contributed by atoms with van der Waals surface area (Å²) in [5.74, 6) is 1.35. The molecule has 0 N–H and O–H groups in total. The third-order valence-electron chi connectivity index (χ3n) is 1.39. The van der Waals surface area contributed by atoms with Crippen molar-refractivity contribution in [3.8, 4) is 0 Å². The standard InChI is InChI=1S/C8H9NO3/c1-2-7-3-4-8(12-7)5-6-9(10)11/h3-6H,2H2,1H3/b6-5+. The average Bonchev–Trinajstić information content (AvgIpc) is 2.48. The minimum atomic E-state index is -0.520. The summed E-state index contributed by atoms with van der Waals surface area (Å²) in [5.41, 5.74) is 0. The highest BCUT2D eigenvalue weighted by Gasteiger charge is 1.96. The Labute approximate surface area is 69.6 Å². The van der Waals surface area contributed by atoms with Gasteiger partial charge in [0.1, 0.15) is 11.5 Å². The quantitative estimate of drug-likeness (QED) is 0.511. The molecule has 1 rings (SSSR count). The van der Waals surface area contributed by atoms with Crippen molar-refractivity contribution in [1.82, 2.24) is 0 Å². The number of furan rings is 1. The van der Waals surface area contributed by atoms with E-state index in [0.29, 0.717) is 5.76 Å². The maximum absolute atomic E-state index is 9.93. The lowest BCUT2D eigenvalue weighted by molar-refractivity contribution is -0.401. The molecule has 0 atom stereocenters. The Morgan fingerprint density at radius 1 is 1.67 bits per heavy atom. The fourth-order valence-electron chi connectivity index (χ4n) is 0.808. The van der Waals surface area contributed by atoms with Crippen LogP contribution in [-0.4, -0.2) is 4.92 Å². The van der Waals surface area contributed by atoms with Crippen molar-refractivity contribution < 1.29 is 9.34 Å². The van der Waals surface area contributed by atoms with Gasteiger partial charge in [-0.25, -0.2) is 0 Å². The lowest BCUT2D eigenvalue weighted by atomic mass is 10.3. The van der Waals surface area contributed by atoms with Crippen LogP contribution in [0.3, 0.4) is 0 Å². The van der Waals surface area contributed by atoms with E-state index in [2.05, 4.69) is 0 Å². The van der Waals surface area contributed by atoms with Gasteiger partial charge in [0, 0.05) is 6.42 Å². The molecule has 12 heavy (non-hydrogen) atoms. The summed E-state index contributed by atoms with van der Waals surface area (Å²) in [6.07, 6.45) is 2.99. The predicted molar refractivity (Wildman–Crippen MR) is 44.1 cm³/mol. The zero-order valence-corrected chi connectivity index (χ0v) is 6.69. The van der Waals surface area contributed by atoms with Crippen molar-refractivity contribution in [2.45, 2.75) is 13.3 Å². The lowest BCUT2D eigenvalue weighted by Crippen LogP contribution is -1.81. The Kier molecular flexibility index (Phi) is 2.63. The van der Waals surface area contributed by atoms with Crippen molar-refractivity contribution >= 4 is 6.08 Å². The monoisotopic (exact) mass is 167 g/mol. The van der Waals surface area contributed by atoms with Gasteiger partial charge in [0.05, 0.1) is 11.0 Å². The molecule has 0 spiro atoms. The van der Waals surface area contributed by atoms with Crippen LogP contribution in [0.25, 0.3) is 6.08 Å². The van der Waals surface area contributed by atoms with Gasteiger partial charge < -0.3 is 4.42 Å². The Bertz CT molecular complexity index is 301. The number of rotatable bonds is 3. The summed E-state index contributed by atoms with van der Waals surface area (Å²) >= 11 is 0. The fourth-order valence-corrected chi connectivity index (χ4v) is 0.808. The van der Waals surface area contributed by atoms with Gasteiger partial charge in [-0.05, 0) is 12.1 Å². The van der Waals surface area contributed by atoms with E-state index in [4.69, 9.17) is 4.42 Å². The van der Waals surface area contributed by atoms with Gasteiger partial charge in [0.25, 0.3) is 0 Å². The summed E-state index contributed by atoms with van der Waals surface area (Å²) < 4.78 is 5.19. The van der Waals surface area contributed by atoms with Crippen LogP contribution in [0.1, 0.15) is 18.4 Å². The summed E-state index contributed by atoms with van der Waals surface area (Å²) in [7, 11) is 0. The zero-order chi connectivity index (χ0) is 8.97. The molecule has 0 aliphatic heterocycles. The minimum Gasteiger partial charge on any atom is -0.462 e. The molecular weight excluding hydrogens is 158 g/mol. The average molecular weight is 167 g/mol. The molecule has 64 valence electrons. The van der Waals surface area contributed by atoms with E-state index >= 15 is 0 Å². The van der Waals surface area contributed by atoms with Gasteiger partial charge in [-0.15, -0.1) is 0 Å². The Balaban J connectivity index is 2.70. The molecule has 0 radical (unpaired) electrons. The van der Waals surface area contributed by atoms with Gasteiger partial charge in [0.2, 0.25) is 6.20 Å². The second kappa shape index (κ2) is 3.71. The summed E-state index contributed by atoms with van der Waals surface area (Å²) in [6.45, 7) is 1.96. The highest BCUT2D eigenvalue weighted by Crippen LogP contribution is 2.09. The molecule has 0 amide bonds. The van der Waals surface area contributed by atoms with Gasteiger partial charge >= 0.3 is 0 Å². The molecule has 4 heteroatoms. The highest BCUT2D eigenvalue weighted by atomic mass is 16.6. The highest BCUT2D eigenvalue weighted by molar-refractivity contribution is 5.41. The number of hydrogen-bond acceptors (Lipinski definition) is 3. The first-order valence-electron chi connectivity index (χ1n) is 3.62. The van der Waals surface area contributed by atoms with E-state index in [1.807, 2.05) is 6.92 Å². The second-order valence-electron chi connectivity index (χ2n) is 2.26. The lowest BCUT2D eigenvalue weighted by Gasteiger charge is -1.84. The maximum Gasteiger partial charge on any atom is 0.238 e. The van der Waals surface area contributed by atoms with Crippen LogP contribution in [-0.2, 0) is 6.42 Å². The van der Waals surface area contributed by atoms with Crippen molar-refractivity contribution in [3.05, 3.63) is 40.0 Å². The first-order valence-corrected chi connectivity index (χ1v) is 3.62. The third-order valence-corrected chi connectivity index (χ3v) is 1.39.